The normalized spacial score (nSPS) is 13.9. The largest absolute Gasteiger partial charge is 1.00 e. The second-order valence-electron chi connectivity index (χ2n) is 5.40. The lowest BCUT2D eigenvalue weighted by Crippen LogP contribution is -3.00. The van der Waals surface area contributed by atoms with E-state index < -0.39 is 0 Å². The maximum atomic E-state index is 9.71. The molecule has 0 aliphatic carbocycles. The summed E-state index contributed by atoms with van der Waals surface area (Å²) < 4.78 is 1.54. The molecule has 0 aliphatic rings. The van der Waals surface area contributed by atoms with E-state index >= 15 is 0 Å². The van der Waals surface area contributed by atoms with Gasteiger partial charge in [0.1, 0.15) is 0 Å². The van der Waals surface area contributed by atoms with Crippen LogP contribution in [-0.4, -0.2) is 69.1 Å². The molecule has 0 fully saturated rings. The van der Waals surface area contributed by atoms with Crippen LogP contribution in [0.25, 0.3) is 0 Å². The molecule has 0 aromatic heterocycles. The molecule has 0 aromatic rings. The average molecular weight is 247 g/mol. The quantitative estimate of drug-likeness (QED) is 0.387. The third-order valence-corrected chi connectivity index (χ3v) is 1.95. The van der Waals surface area contributed by atoms with Gasteiger partial charge in [0.15, 0.2) is 6.23 Å². The van der Waals surface area contributed by atoms with E-state index in [0.717, 1.165) is 17.4 Å². The van der Waals surface area contributed by atoms with Crippen molar-refractivity contribution in [1.82, 2.24) is 0 Å². The summed E-state index contributed by atoms with van der Waals surface area (Å²) >= 11 is 0. The van der Waals surface area contributed by atoms with Gasteiger partial charge in [-0.1, -0.05) is 0 Å². The highest BCUT2D eigenvalue weighted by Crippen LogP contribution is 2.06. The molecule has 0 spiro atoms. The fourth-order valence-electron chi connectivity index (χ4n) is 0.890. The molecule has 0 bridgehead atoms. The van der Waals surface area contributed by atoms with Crippen molar-refractivity contribution in [2.45, 2.75) is 12.6 Å². The number of quaternary nitrogens is 2. The van der Waals surface area contributed by atoms with Crippen LogP contribution in [0.1, 0.15) is 6.42 Å². The maximum Gasteiger partial charge on any atom is 0.195 e. The summed E-state index contributed by atoms with van der Waals surface area (Å²) in [4.78, 5) is 0. The van der Waals surface area contributed by atoms with Crippen molar-refractivity contribution >= 4 is 0 Å². The molecule has 0 aliphatic heterocycles. The molecule has 0 saturated carbocycles. The van der Waals surface area contributed by atoms with E-state index in [4.69, 9.17) is 0 Å². The summed E-state index contributed by atoms with van der Waals surface area (Å²) in [5.74, 6) is 0. The van der Waals surface area contributed by atoms with Gasteiger partial charge in [-0.15, -0.1) is 0 Å². The number of nitrogens with zero attached hydrogens (tertiary/aromatic N) is 2. The van der Waals surface area contributed by atoms with E-state index in [-0.39, 0.29) is 31.0 Å². The molecule has 0 heterocycles. The molecule has 14 heavy (non-hydrogen) atoms. The first-order valence-electron chi connectivity index (χ1n) is 4.42. The third-order valence-electron chi connectivity index (χ3n) is 1.95. The van der Waals surface area contributed by atoms with Gasteiger partial charge in [0.05, 0.1) is 55.3 Å². The Morgan fingerprint density at radius 3 is 1.50 bits per heavy atom. The molecule has 1 atom stereocenters. The Labute approximate surface area is 101 Å². The number of aliphatic hydroxyl groups is 1. The van der Waals surface area contributed by atoms with Crippen LogP contribution in [-0.2, 0) is 0 Å². The minimum Gasteiger partial charge on any atom is -1.00 e. The lowest BCUT2D eigenvalue weighted by molar-refractivity contribution is -0.927. The number of hydrogen-bond acceptors (Lipinski definition) is 1. The molecule has 90 valence electrons. The molecule has 1 N–H and O–H groups in total. The van der Waals surface area contributed by atoms with Gasteiger partial charge in [-0.25, -0.2) is 0 Å². The average Bonchev–Trinajstić information content (AvgIpc) is 1.78. The Hall–Kier alpha value is 0.460. The first kappa shape index (κ1) is 19.9. The van der Waals surface area contributed by atoms with Crippen LogP contribution in [0.2, 0.25) is 0 Å². The smallest absolute Gasteiger partial charge is 0.195 e. The van der Waals surface area contributed by atoms with E-state index in [1.807, 2.05) is 21.1 Å². The van der Waals surface area contributed by atoms with E-state index in [9.17, 15) is 5.11 Å². The molecule has 5 heteroatoms. The highest BCUT2D eigenvalue weighted by molar-refractivity contribution is 4.40. The second-order valence-corrected chi connectivity index (χ2v) is 5.40. The van der Waals surface area contributed by atoms with E-state index in [0.29, 0.717) is 4.48 Å². The summed E-state index contributed by atoms with van der Waals surface area (Å²) in [6.45, 7) is 1.01. The molecule has 1 unspecified atom stereocenters. The van der Waals surface area contributed by atoms with Gasteiger partial charge in [0.25, 0.3) is 0 Å². The monoisotopic (exact) mass is 246 g/mol. The Morgan fingerprint density at radius 1 is 0.929 bits per heavy atom. The van der Waals surface area contributed by atoms with E-state index in [1.54, 1.807) is 0 Å². The summed E-state index contributed by atoms with van der Waals surface area (Å²) in [5, 5.41) is 9.71. The van der Waals surface area contributed by atoms with Crippen LogP contribution in [0.5, 0.6) is 0 Å². The zero-order chi connectivity index (χ0) is 9.99. The summed E-state index contributed by atoms with van der Waals surface area (Å²) in [6, 6.07) is 0. The molecule has 0 saturated heterocycles. The lowest BCUT2D eigenvalue weighted by Gasteiger charge is -2.32. The van der Waals surface area contributed by atoms with Gasteiger partial charge in [-0.05, 0) is 0 Å². The van der Waals surface area contributed by atoms with Crippen LogP contribution in [0.3, 0.4) is 0 Å². The second kappa shape index (κ2) is 6.85. The van der Waals surface area contributed by atoms with Crippen molar-refractivity contribution < 1.29 is 38.9 Å². The number of rotatable bonds is 4. The standard InChI is InChI=1S/C9H24N2O.2ClH/c1-10(2,3)8-7-9(12)11(4,5)6;;/h9,12H,7-8H2,1-6H3;2*1H/q+2;;/p-2. The summed E-state index contributed by atoms with van der Waals surface area (Å²) in [5.41, 5.74) is 0. The number of hydrogen-bond donors (Lipinski definition) is 1. The predicted molar refractivity (Wildman–Crippen MR) is 51.6 cm³/mol. The number of aliphatic hydroxyl groups excluding tert-OH is 1. The van der Waals surface area contributed by atoms with Gasteiger partial charge >= 0.3 is 0 Å². The Kier molecular flexibility index (Phi) is 9.77. The fraction of sp³-hybridized carbons (Fsp3) is 1.00. The lowest BCUT2D eigenvalue weighted by atomic mass is 10.3. The van der Waals surface area contributed by atoms with Crippen molar-refractivity contribution in [3.05, 3.63) is 0 Å². The van der Waals surface area contributed by atoms with Gasteiger partial charge < -0.3 is 38.9 Å². The summed E-state index contributed by atoms with van der Waals surface area (Å²) in [7, 11) is 12.5. The predicted octanol–water partition coefficient (Wildman–Crippen LogP) is -5.88. The van der Waals surface area contributed by atoms with Gasteiger partial charge in [-0.3, -0.25) is 0 Å². The van der Waals surface area contributed by atoms with Crippen LogP contribution in [0.4, 0.5) is 0 Å². The van der Waals surface area contributed by atoms with Crippen LogP contribution in [0.15, 0.2) is 0 Å². The Morgan fingerprint density at radius 2 is 1.29 bits per heavy atom. The molecule has 0 rings (SSSR count). The van der Waals surface area contributed by atoms with E-state index in [2.05, 4.69) is 21.1 Å². The molecular formula is C9H24Cl2N2O. The first-order valence-corrected chi connectivity index (χ1v) is 4.42. The minimum absolute atomic E-state index is 0. The minimum atomic E-state index is -0.248. The molecular weight excluding hydrogens is 223 g/mol. The molecule has 3 nitrogen and oxygen atoms in total. The molecule has 0 radical (unpaired) electrons. The van der Waals surface area contributed by atoms with Gasteiger partial charge in [-0.2, -0.15) is 0 Å². The highest BCUT2D eigenvalue weighted by atomic mass is 35.5. The highest BCUT2D eigenvalue weighted by Gasteiger charge is 2.22. The maximum absolute atomic E-state index is 9.71. The van der Waals surface area contributed by atoms with Crippen molar-refractivity contribution in [1.29, 1.82) is 0 Å². The Balaban J connectivity index is -0.000000605. The van der Waals surface area contributed by atoms with Crippen molar-refractivity contribution in [2.75, 3.05) is 48.8 Å². The van der Waals surface area contributed by atoms with Gasteiger partial charge in [0.2, 0.25) is 0 Å². The zero-order valence-corrected chi connectivity index (χ0v) is 11.6. The van der Waals surface area contributed by atoms with Crippen molar-refractivity contribution in [2.24, 2.45) is 0 Å². The first-order chi connectivity index (χ1) is 5.13. The molecule has 0 aromatic carbocycles. The number of halogens is 2. The fourth-order valence-corrected chi connectivity index (χ4v) is 0.890. The van der Waals surface area contributed by atoms with Crippen molar-refractivity contribution in [3.8, 4) is 0 Å². The van der Waals surface area contributed by atoms with Gasteiger partial charge in [0, 0.05) is 0 Å². The van der Waals surface area contributed by atoms with Crippen LogP contribution < -0.4 is 24.8 Å². The topological polar surface area (TPSA) is 20.2 Å². The zero-order valence-electron chi connectivity index (χ0n) is 10.1. The molecule has 0 amide bonds. The van der Waals surface area contributed by atoms with E-state index in [1.165, 1.54) is 0 Å². The van der Waals surface area contributed by atoms with Crippen LogP contribution >= 0.6 is 0 Å². The summed E-state index contributed by atoms with van der Waals surface area (Å²) in [6.07, 6.45) is 0.606. The van der Waals surface area contributed by atoms with Crippen molar-refractivity contribution in [3.63, 3.8) is 0 Å². The third kappa shape index (κ3) is 10.5. The van der Waals surface area contributed by atoms with Crippen LogP contribution in [0, 0.1) is 0 Å². The Bertz CT molecular complexity index is 141. The SMILES string of the molecule is C[N+](C)(C)CCC(O)[N+](C)(C)C.[Cl-].[Cl-].